The van der Waals surface area contributed by atoms with Gasteiger partial charge < -0.3 is 33.6 Å². The fourth-order valence-corrected chi connectivity index (χ4v) is 8.65. The molecule has 8 aromatic rings. The highest BCUT2D eigenvalue weighted by Crippen LogP contribution is 2.47. The molecule has 2 amide bonds. The maximum Gasteiger partial charge on any atom is 0.259 e. The molecule has 4 heterocycles. The number of hydrogen-bond donors (Lipinski definition) is 3. The van der Waals surface area contributed by atoms with Crippen molar-refractivity contribution in [1.82, 2.24) is 14.9 Å². The van der Waals surface area contributed by atoms with Gasteiger partial charge in [-0.05, 0) is 28.8 Å². The number of nitrogens with one attached hydrogen (secondary N) is 2. The number of hydrogen-bond acceptors (Lipinski definition) is 7. The summed E-state index contributed by atoms with van der Waals surface area (Å²) in [5.41, 5.74) is 2.41. The highest BCUT2D eigenvalue weighted by molar-refractivity contribution is 6.39. The first-order chi connectivity index (χ1) is 29.7. The lowest BCUT2D eigenvalue weighted by molar-refractivity contribution is -0.278. The van der Waals surface area contributed by atoms with E-state index in [9.17, 15) is 23.5 Å². The van der Waals surface area contributed by atoms with Gasteiger partial charge in [-0.15, -0.1) is 0 Å². The number of aromatic nitrogens is 2. The van der Waals surface area contributed by atoms with Crippen molar-refractivity contribution in [2.75, 3.05) is 6.61 Å². The maximum absolute atomic E-state index is 15.7. The largest absolute Gasteiger partial charge is 0.387 e. The number of carbonyl (C=O) groups is 2. The van der Waals surface area contributed by atoms with E-state index in [-0.39, 0.29) is 81.2 Å². The first-order valence-corrected chi connectivity index (χ1v) is 19.6. The molecule has 3 N–H and O–H groups in total. The van der Waals surface area contributed by atoms with Crippen LogP contribution in [0, 0.1) is 23.3 Å². The van der Waals surface area contributed by atoms with Crippen molar-refractivity contribution >= 4 is 55.4 Å². The van der Waals surface area contributed by atoms with Gasteiger partial charge in [-0.25, -0.2) is 17.6 Å². The Morgan fingerprint density at radius 1 is 0.639 bits per heavy atom. The van der Waals surface area contributed by atoms with Crippen LogP contribution in [-0.2, 0) is 38.8 Å². The Balaban J connectivity index is 1.23. The molecule has 2 aliphatic heterocycles. The Bertz CT molecular complexity index is 3000. The van der Waals surface area contributed by atoms with E-state index in [1.807, 2.05) is 91.0 Å². The minimum absolute atomic E-state index is 0.00869. The normalized spacial score (nSPS) is 20.3. The number of rotatable bonds is 11. The molecule has 1 saturated heterocycles. The lowest BCUT2D eigenvalue weighted by Crippen LogP contribution is -2.58. The van der Waals surface area contributed by atoms with Crippen LogP contribution in [0.1, 0.15) is 43.6 Å². The lowest BCUT2D eigenvalue weighted by Gasteiger charge is -2.45. The second-order valence-electron chi connectivity index (χ2n) is 15.2. The first kappa shape index (κ1) is 38.8. The van der Waals surface area contributed by atoms with Gasteiger partial charge in [0.2, 0.25) is 0 Å². The highest BCUT2D eigenvalue weighted by Gasteiger charge is 2.49. The van der Waals surface area contributed by atoms with Crippen LogP contribution in [0.15, 0.2) is 115 Å². The van der Waals surface area contributed by atoms with Crippen LogP contribution in [0.2, 0.25) is 0 Å². The molecule has 2 aromatic heterocycles. The summed E-state index contributed by atoms with van der Waals surface area (Å²) in [5, 5.41) is 14.7. The predicted octanol–water partition coefficient (Wildman–Crippen LogP) is 8.51. The summed E-state index contributed by atoms with van der Waals surface area (Å²) in [6.45, 7) is 0.0327. The van der Waals surface area contributed by atoms with E-state index in [0.717, 1.165) is 41.0 Å². The second-order valence-corrected chi connectivity index (χ2v) is 15.2. The summed E-state index contributed by atoms with van der Waals surface area (Å²) in [4.78, 5) is 30.6. The molecular formula is C47H35F4N3O7. The SMILES string of the molecule is O=C1NC(=O)c2c1c1c3cc(F)c(F)cc3[nH]c1c1c2c2cc(F)c(F)cc2n1[C@@H]1O[C@H](COCc2ccccc2)[C@H](O)[C@H](OCc2ccccc2)[C@H]1OCc1ccccc1. The van der Waals surface area contributed by atoms with Gasteiger partial charge in [0.1, 0.15) is 24.4 Å². The molecule has 2 aliphatic rings. The average Bonchev–Trinajstić information content (AvgIpc) is 3.89. The number of nitrogens with zero attached hydrogens (tertiary/aromatic N) is 1. The van der Waals surface area contributed by atoms with Crippen LogP contribution in [0.4, 0.5) is 17.6 Å². The summed E-state index contributed by atoms with van der Waals surface area (Å²) in [7, 11) is 0. The number of H-pyrrole nitrogens is 1. The zero-order chi connectivity index (χ0) is 41.9. The number of benzene rings is 6. The Morgan fingerprint density at radius 3 is 1.79 bits per heavy atom. The van der Waals surface area contributed by atoms with Crippen molar-refractivity contribution < 1.29 is 51.2 Å². The van der Waals surface area contributed by atoms with Crippen molar-refractivity contribution in [1.29, 1.82) is 0 Å². The topological polar surface area (TPSA) is 124 Å². The van der Waals surface area contributed by atoms with Gasteiger partial charge in [-0.3, -0.25) is 14.9 Å². The van der Waals surface area contributed by atoms with E-state index in [2.05, 4.69) is 10.3 Å². The molecule has 1 fully saturated rings. The zero-order valence-corrected chi connectivity index (χ0v) is 32.0. The molecule has 14 heteroatoms. The van der Waals surface area contributed by atoms with Gasteiger partial charge in [-0.1, -0.05) is 91.0 Å². The summed E-state index contributed by atoms with van der Waals surface area (Å²) >= 11 is 0. The summed E-state index contributed by atoms with van der Waals surface area (Å²) in [6.07, 6.45) is -6.22. The third kappa shape index (κ3) is 6.73. The van der Waals surface area contributed by atoms with Crippen LogP contribution in [0.3, 0.4) is 0 Å². The molecular weight excluding hydrogens is 795 g/mol. The number of ether oxygens (including phenoxy) is 4. The molecule has 0 spiro atoms. The average molecular weight is 830 g/mol. The van der Waals surface area contributed by atoms with E-state index in [4.69, 9.17) is 18.9 Å². The molecule has 6 aromatic carbocycles. The Morgan fingerprint density at radius 2 is 1.16 bits per heavy atom. The van der Waals surface area contributed by atoms with Gasteiger partial charge >= 0.3 is 0 Å². The Hall–Kier alpha value is -6.42. The van der Waals surface area contributed by atoms with Crippen LogP contribution < -0.4 is 5.32 Å². The molecule has 0 radical (unpaired) electrons. The molecule has 308 valence electrons. The van der Waals surface area contributed by atoms with Crippen molar-refractivity contribution in [2.24, 2.45) is 0 Å². The quantitative estimate of drug-likeness (QED) is 0.0883. The number of aliphatic hydroxyl groups is 1. The second kappa shape index (κ2) is 15.6. The molecule has 0 unspecified atom stereocenters. The summed E-state index contributed by atoms with van der Waals surface area (Å²) in [5.74, 6) is -6.49. The van der Waals surface area contributed by atoms with Gasteiger partial charge in [0.25, 0.3) is 11.8 Å². The maximum atomic E-state index is 15.7. The molecule has 61 heavy (non-hydrogen) atoms. The van der Waals surface area contributed by atoms with Crippen LogP contribution in [0.5, 0.6) is 0 Å². The third-order valence-electron chi connectivity index (χ3n) is 11.4. The van der Waals surface area contributed by atoms with E-state index < -0.39 is 65.7 Å². The van der Waals surface area contributed by atoms with Gasteiger partial charge in [0.15, 0.2) is 29.5 Å². The summed E-state index contributed by atoms with van der Waals surface area (Å²) in [6, 6.07) is 31.6. The number of halogens is 4. The number of imide groups is 1. The fraction of sp³-hybridized carbons (Fsp3) is 0.191. The van der Waals surface area contributed by atoms with Crippen molar-refractivity contribution in [3.8, 4) is 0 Å². The number of fused-ring (bicyclic) bond motifs is 10. The van der Waals surface area contributed by atoms with Crippen LogP contribution in [-0.4, -0.2) is 57.5 Å². The predicted molar refractivity (Wildman–Crippen MR) is 216 cm³/mol. The van der Waals surface area contributed by atoms with Crippen LogP contribution >= 0.6 is 0 Å². The standard InChI is InChI=1S/C47H35F4N3O7/c48-29-16-27-33(18-31(29)50)52-40-36(27)38-39(46(57)53-45(38)56)37-28-17-30(49)32(51)19-34(28)54(41(37)40)47-44(60-22-26-14-8-3-9-15-26)43(59-21-25-12-6-2-7-13-25)42(55)35(61-47)23-58-20-24-10-4-1-5-11-24/h1-19,35,42-44,47,52,55H,20-23H2,(H,53,56,57)/t35-,42+,43+,44-,47-/m1/s1. The number of aromatic amines is 1. The van der Waals surface area contributed by atoms with E-state index in [1.165, 1.54) is 4.57 Å². The van der Waals surface area contributed by atoms with Gasteiger partial charge in [0.05, 0.1) is 54.1 Å². The molecule has 10 nitrogen and oxygen atoms in total. The van der Waals surface area contributed by atoms with E-state index >= 15 is 8.78 Å². The monoisotopic (exact) mass is 829 g/mol. The Labute approximate surface area is 344 Å². The number of amides is 2. The lowest BCUT2D eigenvalue weighted by atomic mass is 9.96. The van der Waals surface area contributed by atoms with Gasteiger partial charge in [-0.2, -0.15) is 0 Å². The van der Waals surface area contributed by atoms with Crippen molar-refractivity contribution in [3.63, 3.8) is 0 Å². The molecule has 5 atom stereocenters. The van der Waals surface area contributed by atoms with Crippen molar-refractivity contribution in [2.45, 2.75) is 50.5 Å². The zero-order valence-electron chi connectivity index (χ0n) is 32.0. The van der Waals surface area contributed by atoms with Gasteiger partial charge in [0, 0.05) is 39.2 Å². The molecule has 0 saturated carbocycles. The number of carbonyl (C=O) groups excluding carboxylic acids is 2. The minimum Gasteiger partial charge on any atom is -0.387 e. The highest BCUT2D eigenvalue weighted by atomic mass is 19.2. The number of aliphatic hydroxyl groups excluding tert-OH is 1. The molecule has 0 bridgehead atoms. The fourth-order valence-electron chi connectivity index (χ4n) is 8.65. The van der Waals surface area contributed by atoms with E-state index in [0.29, 0.717) is 0 Å². The van der Waals surface area contributed by atoms with E-state index in [1.54, 1.807) is 0 Å². The van der Waals surface area contributed by atoms with Crippen LogP contribution in [0.25, 0.3) is 43.6 Å². The van der Waals surface area contributed by atoms with Crippen molar-refractivity contribution in [3.05, 3.63) is 166 Å². The minimum atomic E-state index is -1.37. The Kier molecular flexibility index (Phi) is 9.89. The third-order valence-corrected chi connectivity index (χ3v) is 11.4. The summed E-state index contributed by atoms with van der Waals surface area (Å²) < 4.78 is 88.7. The smallest absolute Gasteiger partial charge is 0.259 e. The first-order valence-electron chi connectivity index (χ1n) is 19.6. The molecule has 0 aliphatic carbocycles. The molecule has 10 rings (SSSR count).